The molecule has 0 amide bonds. The Labute approximate surface area is 134 Å². The smallest absolute Gasteiger partial charge is 0.342 e. The van der Waals surface area contributed by atoms with Gasteiger partial charge in [-0.3, -0.25) is 14.9 Å². The van der Waals surface area contributed by atoms with Crippen LogP contribution in [0.15, 0.2) is 39.8 Å². The van der Waals surface area contributed by atoms with Crippen LogP contribution in [0.1, 0.15) is 17.3 Å². The standard InChI is InChI=1S/C15H11N3O6/c1-2-23-15(20)10-11-13(19)16-7-17-14(11)24-12(10)8-3-5-9(6-4-8)18(21)22/h3-7H,2H2,1H3,(H,16,17,19). The van der Waals surface area contributed by atoms with Crippen LogP contribution in [0.3, 0.4) is 0 Å². The van der Waals surface area contributed by atoms with E-state index in [9.17, 15) is 19.7 Å². The number of non-ortho nitro benzene ring substituents is 1. The van der Waals surface area contributed by atoms with E-state index >= 15 is 0 Å². The van der Waals surface area contributed by atoms with Gasteiger partial charge in [0.25, 0.3) is 11.2 Å². The summed E-state index contributed by atoms with van der Waals surface area (Å²) in [5.74, 6) is -0.661. The number of H-pyrrole nitrogens is 1. The molecule has 122 valence electrons. The Morgan fingerprint density at radius 2 is 2.08 bits per heavy atom. The highest BCUT2D eigenvalue weighted by molar-refractivity contribution is 6.07. The second-order valence-corrected chi connectivity index (χ2v) is 4.74. The van der Waals surface area contributed by atoms with Crippen molar-refractivity contribution in [1.82, 2.24) is 9.97 Å². The summed E-state index contributed by atoms with van der Waals surface area (Å²) in [4.78, 5) is 40.8. The SMILES string of the molecule is CCOC(=O)c1c(-c2ccc([N+](=O)[O-])cc2)oc2nc[nH]c(=O)c12. The highest BCUT2D eigenvalue weighted by atomic mass is 16.6. The van der Waals surface area contributed by atoms with Crippen molar-refractivity contribution in [2.24, 2.45) is 0 Å². The zero-order chi connectivity index (χ0) is 17.3. The van der Waals surface area contributed by atoms with Crippen LogP contribution in [0.2, 0.25) is 0 Å². The van der Waals surface area contributed by atoms with Gasteiger partial charge in [0.05, 0.1) is 17.9 Å². The predicted molar refractivity (Wildman–Crippen MR) is 82.7 cm³/mol. The van der Waals surface area contributed by atoms with Gasteiger partial charge in [0.2, 0.25) is 5.71 Å². The summed E-state index contributed by atoms with van der Waals surface area (Å²) in [5.41, 5.74) is -0.338. The van der Waals surface area contributed by atoms with Crippen LogP contribution in [0.4, 0.5) is 5.69 Å². The Kier molecular flexibility index (Phi) is 3.82. The van der Waals surface area contributed by atoms with Gasteiger partial charge in [-0.25, -0.2) is 9.78 Å². The maximum Gasteiger partial charge on any atom is 0.342 e. The van der Waals surface area contributed by atoms with Gasteiger partial charge in [-0.15, -0.1) is 0 Å². The Balaban J connectivity index is 2.25. The number of nitrogens with zero attached hydrogens (tertiary/aromatic N) is 2. The lowest BCUT2D eigenvalue weighted by Gasteiger charge is -2.03. The van der Waals surface area contributed by atoms with E-state index in [1.165, 1.54) is 24.3 Å². The largest absolute Gasteiger partial charge is 0.462 e. The van der Waals surface area contributed by atoms with Gasteiger partial charge in [-0.05, 0) is 19.1 Å². The number of aromatic nitrogens is 2. The van der Waals surface area contributed by atoms with Crippen molar-refractivity contribution in [3.05, 3.63) is 56.6 Å². The maximum atomic E-state index is 12.3. The molecule has 0 atom stereocenters. The van der Waals surface area contributed by atoms with Gasteiger partial charge in [0.15, 0.2) is 5.76 Å². The van der Waals surface area contributed by atoms with E-state index in [4.69, 9.17) is 9.15 Å². The summed E-state index contributed by atoms with van der Waals surface area (Å²) in [7, 11) is 0. The molecule has 0 fully saturated rings. The number of fused-ring (bicyclic) bond motifs is 1. The van der Waals surface area contributed by atoms with E-state index in [1.807, 2.05) is 0 Å². The van der Waals surface area contributed by atoms with Crippen molar-refractivity contribution in [2.75, 3.05) is 6.61 Å². The van der Waals surface area contributed by atoms with Gasteiger partial charge in [-0.2, -0.15) is 0 Å². The van der Waals surface area contributed by atoms with Gasteiger partial charge in [0.1, 0.15) is 10.9 Å². The number of nitro benzene ring substituents is 1. The Morgan fingerprint density at radius 1 is 1.38 bits per heavy atom. The quantitative estimate of drug-likeness (QED) is 0.441. The van der Waals surface area contributed by atoms with Crippen molar-refractivity contribution in [3.63, 3.8) is 0 Å². The third-order valence-electron chi connectivity index (χ3n) is 3.31. The molecule has 0 aliphatic carbocycles. The lowest BCUT2D eigenvalue weighted by molar-refractivity contribution is -0.384. The summed E-state index contributed by atoms with van der Waals surface area (Å²) in [6.07, 6.45) is 1.16. The average molecular weight is 329 g/mol. The Morgan fingerprint density at radius 3 is 2.71 bits per heavy atom. The number of aromatic amines is 1. The van der Waals surface area contributed by atoms with Gasteiger partial charge in [-0.1, -0.05) is 0 Å². The lowest BCUT2D eigenvalue weighted by Crippen LogP contribution is -2.12. The number of rotatable bonds is 4. The summed E-state index contributed by atoms with van der Waals surface area (Å²) in [6.45, 7) is 1.75. The zero-order valence-corrected chi connectivity index (χ0v) is 12.4. The summed E-state index contributed by atoms with van der Waals surface area (Å²) in [6, 6.07) is 5.39. The summed E-state index contributed by atoms with van der Waals surface area (Å²) >= 11 is 0. The number of carbonyl (C=O) groups is 1. The van der Waals surface area contributed by atoms with Crippen molar-refractivity contribution in [3.8, 4) is 11.3 Å². The minimum absolute atomic E-state index is 0.0184. The van der Waals surface area contributed by atoms with Gasteiger partial charge in [0, 0.05) is 17.7 Å². The molecule has 0 radical (unpaired) electrons. The fourth-order valence-corrected chi connectivity index (χ4v) is 2.28. The van der Waals surface area contributed by atoms with Crippen LogP contribution >= 0.6 is 0 Å². The third-order valence-corrected chi connectivity index (χ3v) is 3.31. The van der Waals surface area contributed by atoms with E-state index in [1.54, 1.807) is 6.92 Å². The molecule has 0 saturated carbocycles. The molecule has 0 aliphatic heterocycles. The first-order valence-electron chi connectivity index (χ1n) is 6.95. The molecule has 1 aromatic carbocycles. The van der Waals surface area contributed by atoms with Gasteiger partial charge < -0.3 is 14.1 Å². The molecule has 0 bridgehead atoms. The predicted octanol–water partition coefficient (Wildman–Crippen LogP) is 2.27. The molecule has 2 heterocycles. The highest BCUT2D eigenvalue weighted by Gasteiger charge is 2.26. The van der Waals surface area contributed by atoms with Crippen molar-refractivity contribution >= 4 is 22.8 Å². The van der Waals surface area contributed by atoms with Gasteiger partial charge >= 0.3 is 5.97 Å². The Bertz CT molecular complexity index is 987. The molecule has 2 aromatic heterocycles. The number of furan rings is 1. The van der Waals surface area contributed by atoms with E-state index in [2.05, 4.69) is 9.97 Å². The molecule has 0 unspecified atom stereocenters. The molecule has 0 spiro atoms. The molecule has 1 N–H and O–H groups in total. The molecular formula is C15H11N3O6. The molecule has 0 saturated heterocycles. The zero-order valence-electron chi connectivity index (χ0n) is 12.4. The average Bonchev–Trinajstić information content (AvgIpc) is 2.96. The van der Waals surface area contributed by atoms with Crippen LogP contribution < -0.4 is 5.56 Å². The van der Waals surface area contributed by atoms with Crippen LogP contribution in [-0.2, 0) is 4.74 Å². The topological polar surface area (TPSA) is 128 Å². The second kappa shape index (κ2) is 5.95. The van der Waals surface area contributed by atoms with Crippen molar-refractivity contribution in [1.29, 1.82) is 0 Å². The summed E-state index contributed by atoms with van der Waals surface area (Å²) < 4.78 is 10.5. The maximum absolute atomic E-state index is 12.3. The number of nitro groups is 1. The van der Waals surface area contributed by atoms with Crippen molar-refractivity contribution < 1.29 is 18.9 Å². The monoisotopic (exact) mass is 329 g/mol. The Hall–Kier alpha value is -3.49. The highest BCUT2D eigenvalue weighted by Crippen LogP contribution is 2.32. The van der Waals surface area contributed by atoms with E-state index in [0.717, 1.165) is 6.33 Å². The number of esters is 1. The van der Waals surface area contributed by atoms with Crippen LogP contribution in [0.25, 0.3) is 22.4 Å². The first-order valence-corrected chi connectivity index (χ1v) is 6.95. The first kappa shape index (κ1) is 15.4. The molecule has 3 aromatic rings. The molecule has 3 rings (SSSR count). The van der Waals surface area contributed by atoms with E-state index in [0.29, 0.717) is 5.56 Å². The number of nitrogens with one attached hydrogen (secondary N) is 1. The number of hydrogen-bond donors (Lipinski definition) is 1. The molecule has 9 nitrogen and oxygen atoms in total. The fourth-order valence-electron chi connectivity index (χ4n) is 2.28. The molecule has 9 heteroatoms. The second-order valence-electron chi connectivity index (χ2n) is 4.74. The minimum Gasteiger partial charge on any atom is -0.462 e. The summed E-state index contributed by atoms with van der Waals surface area (Å²) in [5, 5.41) is 10.7. The molecule has 24 heavy (non-hydrogen) atoms. The molecular weight excluding hydrogens is 318 g/mol. The van der Waals surface area contributed by atoms with Crippen LogP contribution in [0, 0.1) is 10.1 Å². The van der Waals surface area contributed by atoms with Crippen LogP contribution in [0.5, 0.6) is 0 Å². The number of benzene rings is 1. The molecule has 0 aliphatic rings. The minimum atomic E-state index is -0.733. The third kappa shape index (κ3) is 2.51. The number of carbonyl (C=O) groups excluding carboxylic acids is 1. The fraction of sp³-hybridized carbons (Fsp3) is 0.133. The number of hydrogen-bond acceptors (Lipinski definition) is 7. The number of ether oxygens (including phenoxy) is 1. The lowest BCUT2D eigenvalue weighted by atomic mass is 10.1. The first-order chi connectivity index (χ1) is 11.5. The van der Waals surface area contributed by atoms with E-state index < -0.39 is 16.5 Å². The van der Waals surface area contributed by atoms with Crippen molar-refractivity contribution in [2.45, 2.75) is 6.92 Å². The normalized spacial score (nSPS) is 10.7. The van der Waals surface area contributed by atoms with E-state index in [-0.39, 0.29) is 34.7 Å². The van der Waals surface area contributed by atoms with Crippen LogP contribution in [-0.4, -0.2) is 27.5 Å².